The molecule has 3 nitrogen and oxygen atoms in total. The summed E-state index contributed by atoms with van der Waals surface area (Å²) in [5.74, 6) is 0.137. The molecule has 1 aliphatic carbocycles. The third-order valence-electron chi connectivity index (χ3n) is 5.59. The molecule has 1 aliphatic rings. The average molecular weight is 364 g/mol. The number of hydrogen-bond acceptors (Lipinski definition) is 2. The Morgan fingerprint density at radius 3 is 2.44 bits per heavy atom. The zero-order valence-electron chi connectivity index (χ0n) is 16.5. The highest BCUT2D eigenvalue weighted by Gasteiger charge is 2.17. The second kappa shape index (κ2) is 8.43. The summed E-state index contributed by atoms with van der Waals surface area (Å²) < 4.78 is 6.18. The van der Waals surface area contributed by atoms with Crippen molar-refractivity contribution in [2.75, 3.05) is 6.61 Å². The van der Waals surface area contributed by atoms with Crippen molar-refractivity contribution in [3.8, 4) is 5.75 Å². The Morgan fingerprint density at radius 2 is 1.74 bits per heavy atom. The maximum Gasteiger partial charge on any atom is 0.303 e. The van der Waals surface area contributed by atoms with Crippen LogP contribution in [0.4, 0.5) is 0 Å². The van der Waals surface area contributed by atoms with Crippen molar-refractivity contribution in [2.24, 2.45) is 0 Å². The first kappa shape index (κ1) is 19.2. The molecular formula is C24H28O3. The molecule has 2 aromatic rings. The number of carboxylic acids is 1. The maximum atomic E-state index is 10.8. The van der Waals surface area contributed by atoms with E-state index in [0.29, 0.717) is 13.0 Å². The van der Waals surface area contributed by atoms with Gasteiger partial charge in [-0.05, 0) is 85.9 Å². The Labute approximate surface area is 161 Å². The van der Waals surface area contributed by atoms with E-state index in [9.17, 15) is 4.79 Å². The van der Waals surface area contributed by atoms with E-state index in [-0.39, 0.29) is 6.42 Å². The third kappa shape index (κ3) is 4.60. The smallest absolute Gasteiger partial charge is 0.303 e. The van der Waals surface area contributed by atoms with Gasteiger partial charge in [-0.2, -0.15) is 0 Å². The molecule has 0 aromatic heterocycles. The summed E-state index contributed by atoms with van der Waals surface area (Å²) in [6.45, 7) is 6.84. The monoisotopic (exact) mass is 364 g/mol. The van der Waals surface area contributed by atoms with E-state index in [0.717, 1.165) is 35.3 Å². The van der Waals surface area contributed by atoms with Crippen molar-refractivity contribution in [2.45, 2.75) is 52.9 Å². The fourth-order valence-corrected chi connectivity index (χ4v) is 3.75. The molecule has 2 aromatic carbocycles. The third-order valence-corrected chi connectivity index (χ3v) is 5.59. The van der Waals surface area contributed by atoms with Crippen LogP contribution in [0.25, 0.3) is 5.57 Å². The quantitative estimate of drug-likeness (QED) is 0.691. The van der Waals surface area contributed by atoms with Crippen LogP contribution in [0.2, 0.25) is 0 Å². The number of ether oxygens (including phenoxy) is 1. The Bertz CT molecular complexity index is 860. The lowest BCUT2D eigenvalue weighted by molar-refractivity contribution is -0.136. The highest BCUT2D eigenvalue weighted by Crippen LogP contribution is 2.35. The number of hydrogen-bond donors (Lipinski definition) is 1. The second-order valence-electron chi connectivity index (χ2n) is 7.46. The molecule has 0 radical (unpaired) electrons. The molecule has 0 fully saturated rings. The van der Waals surface area contributed by atoms with Crippen LogP contribution < -0.4 is 4.74 Å². The molecule has 1 N–H and O–H groups in total. The van der Waals surface area contributed by atoms with Crippen LogP contribution in [0.3, 0.4) is 0 Å². The van der Waals surface area contributed by atoms with E-state index >= 15 is 0 Å². The normalized spacial score (nSPS) is 13.9. The summed E-state index contributed by atoms with van der Waals surface area (Å²) >= 11 is 0. The maximum absolute atomic E-state index is 10.8. The number of carbonyl (C=O) groups is 1. The molecule has 0 heterocycles. The number of benzene rings is 2. The molecule has 142 valence electrons. The molecule has 3 heteroatoms. The first-order valence-corrected chi connectivity index (χ1v) is 9.67. The summed E-state index contributed by atoms with van der Waals surface area (Å²) in [5, 5.41) is 8.90. The largest absolute Gasteiger partial charge is 0.489 e. The van der Waals surface area contributed by atoms with E-state index in [2.05, 4.69) is 38.1 Å². The topological polar surface area (TPSA) is 46.5 Å². The summed E-state index contributed by atoms with van der Waals surface area (Å²) in [6.07, 6.45) is 4.12. The van der Waals surface area contributed by atoms with Crippen LogP contribution >= 0.6 is 0 Å². The SMILES string of the molecule is Cc1ccc(C2=C(COc3ccc(CCC(=O)O)c(C)c3C)CCC2)cc1. The zero-order valence-corrected chi connectivity index (χ0v) is 16.5. The molecule has 0 atom stereocenters. The molecular weight excluding hydrogens is 336 g/mol. The molecule has 0 saturated heterocycles. The van der Waals surface area contributed by atoms with E-state index < -0.39 is 5.97 Å². The fraction of sp³-hybridized carbons (Fsp3) is 0.375. The van der Waals surface area contributed by atoms with E-state index in [1.807, 2.05) is 19.1 Å². The van der Waals surface area contributed by atoms with Crippen molar-refractivity contribution in [3.05, 3.63) is 69.8 Å². The summed E-state index contributed by atoms with van der Waals surface area (Å²) in [6, 6.07) is 12.8. The van der Waals surface area contributed by atoms with Crippen molar-refractivity contribution >= 4 is 11.5 Å². The number of allylic oxidation sites excluding steroid dienone is 1. The second-order valence-corrected chi connectivity index (χ2v) is 7.46. The number of aryl methyl sites for hydroxylation is 2. The van der Waals surface area contributed by atoms with Gasteiger partial charge < -0.3 is 9.84 Å². The van der Waals surface area contributed by atoms with Crippen molar-refractivity contribution in [1.82, 2.24) is 0 Å². The van der Waals surface area contributed by atoms with Crippen molar-refractivity contribution in [3.63, 3.8) is 0 Å². The molecule has 0 amide bonds. The van der Waals surface area contributed by atoms with Gasteiger partial charge in [-0.15, -0.1) is 0 Å². The van der Waals surface area contributed by atoms with Crippen LogP contribution in [0, 0.1) is 20.8 Å². The van der Waals surface area contributed by atoms with Crippen LogP contribution in [0.15, 0.2) is 42.0 Å². The van der Waals surface area contributed by atoms with E-state index in [1.54, 1.807) is 0 Å². The Balaban J connectivity index is 1.74. The van der Waals surface area contributed by atoms with Gasteiger partial charge >= 0.3 is 5.97 Å². The lowest BCUT2D eigenvalue weighted by atomic mass is 9.98. The first-order chi connectivity index (χ1) is 13.0. The Hall–Kier alpha value is -2.55. The van der Waals surface area contributed by atoms with Crippen molar-refractivity contribution < 1.29 is 14.6 Å². The molecule has 27 heavy (non-hydrogen) atoms. The van der Waals surface area contributed by atoms with E-state index in [4.69, 9.17) is 9.84 Å². The number of rotatable bonds is 7. The lowest BCUT2D eigenvalue weighted by Crippen LogP contribution is -2.05. The summed E-state index contributed by atoms with van der Waals surface area (Å²) in [5.41, 5.74) is 8.75. The first-order valence-electron chi connectivity index (χ1n) is 9.67. The van der Waals surface area contributed by atoms with Gasteiger partial charge in [0.25, 0.3) is 0 Å². The molecule has 0 aliphatic heterocycles. The summed E-state index contributed by atoms with van der Waals surface area (Å²) in [7, 11) is 0. The molecule has 0 unspecified atom stereocenters. The minimum Gasteiger partial charge on any atom is -0.489 e. The van der Waals surface area contributed by atoms with Gasteiger partial charge in [0, 0.05) is 6.42 Å². The summed E-state index contributed by atoms with van der Waals surface area (Å²) in [4.78, 5) is 10.8. The molecule has 0 saturated carbocycles. The van der Waals surface area contributed by atoms with Crippen LogP contribution in [-0.2, 0) is 11.2 Å². The van der Waals surface area contributed by atoms with Crippen LogP contribution in [0.1, 0.15) is 53.5 Å². The predicted molar refractivity (Wildman–Crippen MR) is 109 cm³/mol. The zero-order chi connectivity index (χ0) is 19.4. The highest BCUT2D eigenvalue weighted by atomic mass is 16.5. The Kier molecular flexibility index (Phi) is 6.00. The minimum absolute atomic E-state index is 0.160. The van der Waals surface area contributed by atoms with Gasteiger partial charge in [-0.25, -0.2) is 0 Å². The number of carboxylic acid groups (broad SMARTS) is 1. The van der Waals surface area contributed by atoms with Gasteiger partial charge in [-0.3, -0.25) is 4.79 Å². The van der Waals surface area contributed by atoms with Gasteiger partial charge in [0.1, 0.15) is 12.4 Å². The van der Waals surface area contributed by atoms with Crippen LogP contribution in [0.5, 0.6) is 5.75 Å². The van der Waals surface area contributed by atoms with Gasteiger partial charge in [0.15, 0.2) is 0 Å². The van der Waals surface area contributed by atoms with Gasteiger partial charge in [-0.1, -0.05) is 35.9 Å². The molecule has 0 bridgehead atoms. The number of aliphatic carboxylic acids is 1. The molecule has 3 rings (SSSR count). The molecule has 0 spiro atoms. The van der Waals surface area contributed by atoms with Crippen LogP contribution in [-0.4, -0.2) is 17.7 Å². The van der Waals surface area contributed by atoms with Gasteiger partial charge in [0.05, 0.1) is 0 Å². The Morgan fingerprint density at radius 1 is 1.00 bits per heavy atom. The highest BCUT2D eigenvalue weighted by molar-refractivity contribution is 5.71. The van der Waals surface area contributed by atoms with Crippen molar-refractivity contribution in [1.29, 1.82) is 0 Å². The van der Waals surface area contributed by atoms with E-state index in [1.165, 1.54) is 28.7 Å². The average Bonchev–Trinajstić information content (AvgIpc) is 3.11. The minimum atomic E-state index is -0.760. The predicted octanol–water partition coefficient (Wildman–Crippen LogP) is 5.65. The fourth-order valence-electron chi connectivity index (χ4n) is 3.75. The lowest BCUT2D eigenvalue weighted by Gasteiger charge is -2.15. The van der Waals surface area contributed by atoms with Gasteiger partial charge in [0.2, 0.25) is 0 Å². The standard InChI is InChI=1S/C24H28O3/c1-16-7-9-20(10-8-16)22-6-4-5-21(22)15-27-23-13-11-19(12-14-24(25)26)17(2)18(23)3/h7-11,13H,4-6,12,14-15H2,1-3H3,(H,25,26).